The number of halogens is 1. The number of piperazine rings is 1. The third kappa shape index (κ3) is 5.89. The van der Waals surface area contributed by atoms with E-state index in [0.29, 0.717) is 30.3 Å². The molecule has 0 unspecified atom stereocenters. The number of nitrogens with zero attached hydrogens (tertiary/aromatic N) is 2. The summed E-state index contributed by atoms with van der Waals surface area (Å²) >= 11 is 0. The van der Waals surface area contributed by atoms with E-state index < -0.39 is 10.0 Å². The molecule has 0 atom stereocenters. The molecule has 3 rings (SSSR count). The molecule has 0 radical (unpaired) electrons. The van der Waals surface area contributed by atoms with Gasteiger partial charge >= 0.3 is 0 Å². The number of sulfonamides is 1. The number of benzene rings is 2. The standard InChI is InChI=1S/C22H28FN3O5S/c1-30-20-8-7-17(15-21(20)31-2)16-22(27)24-9-14-32(28,29)26-12-10-25(11-13-26)19-6-4-3-5-18(19)23/h3-8,15H,9-14,16H2,1-2H3,(H,24,27). The van der Waals surface area contributed by atoms with Crippen molar-refractivity contribution in [1.82, 2.24) is 9.62 Å². The quantitative estimate of drug-likeness (QED) is 0.606. The lowest BCUT2D eigenvalue weighted by Gasteiger charge is -2.35. The topological polar surface area (TPSA) is 88.2 Å². The number of carbonyl (C=O) groups excluding carboxylic acids is 1. The van der Waals surface area contributed by atoms with Gasteiger partial charge in [0.05, 0.1) is 32.1 Å². The molecule has 0 aromatic heterocycles. The van der Waals surface area contributed by atoms with E-state index in [1.54, 1.807) is 36.4 Å². The van der Waals surface area contributed by atoms with Crippen molar-refractivity contribution in [2.45, 2.75) is 6.42 Å². The fourth-order valence-electron chi connectivity index (χ4n) is 3.60. The van der Waals surface area contributed by atoms with Crippen LogP contribution in [-0.2, 0) is 21.2 Å². The van der Waals surface area contributed by atoms with Crippen LogP contribution in [-0.4, -0.2) is 71.3 Å². The van der Waals surface area contributed by atoms with E-state index in [1.165, 1.54) is 24.6 Å². The number of methoxy groups -OCH3 is 2. The first-order valence-electron chi connectivity index (χ1n) is 10.3. The van der Waals surface area contributed by atoms with Gasteiger partial charge in [-0.2, -0.15) is 4.31 Å². The van der Waals surface area contributed by atoms with Crippen molar-refractivity contribution in [2.24, 2.45) is 0 Å². The molecule has 2 aromatic carbocycles. The third-order valence-electron chi connectivity index (χ3n) is 5.32. The molecular formula is C22H28FN3O5S. The summed E-state index contributed by atoms with van der Waals surface area (Å²) in [7, 11) is -0.477. The van der Waals surface area contributed by atoms with Crippen LogP contribution in [0.1, 0.15) is 5.56 Å². The average molecular weight is 466 g/mol. The van der Waals surface area contributed by atoms with Crippen molar-refractivity contribution < 1.29 is 27.1 Å². The lowest BCUT2D eigenvalue weighted by Crippen LogP contribution is -2.50. The Bertz CT molecular complexity index is 1040. The molecule has 1 heterocycles. The molecule has 10 heteroatoms. The highest BCUT2D eigenvalue weighted by Crippen LogP contribution is 2.27. The van der Waals surface area contributed by atoms with Gasteiger partial charge in [0.15, 0.2) is 11.5 Å². The second-order valence-corrected chi connectivity index (χ2v) is 9.46. The Balaban J connectivity index is 1.46. The molecule has 0 spiro atoms. The molecule has 0 aliphatic carbocycles. The number of nitrogens with one attached hydrogen (secondary N) is 1. The summed E-state index contributed by atoms with van der Waals surface area (Å²) in [6.07, 6.45) is 0.0989. The fraction of sp³-hybridized carbons (Fsp3) is 0.409. The Morgan fingerprint density at radius 3 is 2.38 bits per heavy atom. The smallest absolute Gasteiger partial charge is 0.224 e. The van der Waals surface area contributed by atoms with Crippen molar-refractivity contribution in [3.8, 4) is 11.5 Å². The lowest BCUT2D eigenvalue weighted by atomic mass is 10.1. The van der Waals surface area contributed by atoms with Crippen molar-refractivity contribution in [3.05, 3.63) is 53.8 Å². The Morgan fingerprint density at radius 2 is 1.72 bits per heavy atom. The number of hydrogen-bond donors (Lipinski definition) is 1. The third-order valence-corrected chi connectivity index (χ3v) is 7.19. The molecule has 0 bridgehead atoms. The first-order valence-corrected chi connectivity index (χ1v) is 11.9. The van der Waals surface area contributed by atoms with Crippen LogP contribution in [0.4, 0.5) is 10.1 Å². The van der Waals surface area contributed by atoms with E-state index in [2.05, 4.69) is 5.32 Å². The van der Waals surface area contributed by atoms with Gasteiger partial charge in [-0.15, -0.1) is 0 Å². The summed E-state index contributed by atoms with van der Waals surface area (Å²) < 4.78 is 51.0. The van der Waals surface area contributed by atoms with Crippen LogP contribution in [0, 0.1) is 5.82 Å². The molecule has 1 aliphatic rings. The van der Waals surface area contributed by atoms with Gasteiger partial charge in [0.2, 0.25) is 15.9 Å². The zero-order valence-corrected chi connectivity index (χ0v) is 19.0. The van der Waals surface area contributed by atoms with Crippen LogP contribution in [0.15, 0.2) is 42.5 Å². The lowest BCUT2D eigenvalue weighted by molar-refractivity contribution is -0.120. The van der Waals surface area contributed by atoms with Gasteiger partial charge in [0.25, 0.3) is 0 Å². The monoisotopic (exact) mass is 465 g/mol. The number of para-hydroxylation sites is 1. The van der Waals surface area contributed by atoms with E-state index in [0.717, 1.165) is 5.56 Å². The summed E-state index contributed by atoms with van der Waals surface area (Å²) in [5.41, 5.74) is 1.21. The molecule has 174 valence electrons. The summed E-state index contributed by atoms with van der Waals surface area (Å²) in [5.74, 6) is 0.301. The highest BCUT2D eigenvalue weighted by Gasteiger charge is 2.27. The molecule has 8 nitrogen and oxygen atoms in total. The number of rotatable bonds is 9. The van der Waals surface area contributed by atoms with Crippen LogP contribution in [0.2, 0.25) is 0 Å². The minimum atomic E-state index is -3.53. The van der Waals surface area contributed by atoms with E-state index >= 15 is 0 Å². The van der Waals surface area contributed by atoms with E-state index in [4.69, 9.17) is 9.47 Å². The molecule has 2 aromatic rings. The largest absolute Gasteiger partial charge is 0.493 e. The van der Waals surface area contributed by atoms with Crippen LogP contribution in [0.25, 0.3) is 0 Å². The summed E-state index contributed by atoms with van der Waals surface area (Å²) in [6.45, 7) is 1.38. The van der Waals surface area contributed by atoms with Crippen LogP contribution < -0.4 is 19.7 Å². The van der Waals surface area contributed by atoms with Gasteiger partial charge in [0, 0.05) is 32.7 Å². The van der Waals surface area contributed by atoms with Crippen molar-refractivity contribution in [1.29, 1.82) is 0 Å². The maximum absolute atomic E-state index is 14.0. The fourth-order valence-corrected chi connectivity index (χ4v) is 4.94. The SMILES string of the molecule is COc1ccc(CC(=O)NCCS(=O)(=O)N2CCN(c3ccccc3F)CC2)cc1OC. The molecular weight excluding hydrogens is 437 g/mol. The van der Waals surface area contributed by atoms with Gasteiger partial charge in [-0.25, -0.2) is 12.8 Å². The van der Waals surface area contributed by atoms with Crippen molar-refractivity contribution in [2.75, 3.05) is 57.6 Å². The van der Waals surface area contributed by atoms with Gasteiger partial charge in [0.1, 0.15) is 5.82 Å². The predicted octanol–water partition coefficient (Wildman–Crippen LogP) is 1.65. The molecule has 32 heavy (non-hydrogen) atoms. The van der Waals surface area contributed by atoms with Crippen molar-refractivity contribution >= 4 is 21.6 Å². The van der Waals surface area contributed by atoms with E-state index in [9.17, 15) is 17.6 Å². The minimum absolute atomic E-state index is 0.0159. The molecule has 0 saturated carbocycles. The van der Waals surface area contributed by atoms with Gasteiger partial charge in [-0.3, -0.25) is 4.79 Å². The second kappa shape index (κ2) is 10.6. The molecule has 1 saturated heterocycles. The predicted molar refractivity (Wildman–Crippen MR) is 120 cm³/mol. The maximum Gasteiger partial charge on any atom is 0.224 e. The molecule has 1 amide bonds. The average Bonchev–Trinajstić information content (AvgIpc) is 2.79. The number of hydrogen-bond acceptors (Lipinski definition) is 6. The summed E-state index contributed by atoms with van der Waals surface area (Å²) in [4.78, 5) is 14.1. The van der Waals surface area contributed by atoms with Gasteiger partial charge in [-0.05, 0) is 29.8 Å². The van der Waals surface area contributed by atoms with Crippen LogP contribution >= 0.6 is 0 Å². The number of carbonyl (C=O) groups is 1. The highest BCUT2D eigenvalue weighted by atomic mass is 32.2. The number of ether oxygens (including phenoxy) is 2. The first-order chi connectivity index (χ1) is 15.3. The second-order valence-electron chi connectivity index (χ2n) is 7.37. The zero-order chi connectivity index (χ0) is 23.1. The maximum atomic E-state index is 14.0. The first kappa shape index (κ1) is 23.8. The Morgan fingerprint density at radius 1 is 1.03 bits per heavy atom. The van der Waals surface area contributed by atoms with Gasteiger partial charge < -0.3 is 19.7 Å². The molecule has 1 aliphatic heterocycles. The van der Waals surface area contributed by atoms with Crippen molar-refractivity contribution in [3.63, 3.8) is 0 Å². The summed E-state index contributed by atoms with van der Waals surface area (Å²) in [5, 5.41) is 2.66. The Kier molecular flexibility index (Phi) is 7.92. The normalized spacial score (nSPS) is 14.8. The number of amides is 1. The minimum Gasteiger partial charge on any atom is -0.493 e. The van der Waals surface area contributed by atoms with E-state index in [1.807, 2.05) is 4.90 Å². The number of anilines is 1. The van der Waals surface area contributed by atoms with E-state index in [-0.39, 0.29) is 43.5 Å². The van der Waals surface area contributed by atoms with Crippen LogP contribution in [0.5, 0.6) is 11.5 Å². The Hall–Kier alpha value is -2.85. The Labute approximate surface area is 188 Å². The summed E-state index contributed by atoms with van der Waals surface area (Å²) in [6, 6.07) is 11.6. The van der Waals surface area contributed by atoms with Crippen LogP contribution in [0.3, 0.4) is 0 Å². The van der Waals surface area contributed by atoms with Gasteiger partial charge in [-0.1, -0.05) is 18.2 Å². The molecule has 1 fully saturated rings. The highest BCUT2D eigenvalue weighted by molar-refractivity contribution is 7.89. The molecule has 1 N–H and O–H groups in total. The zero-order valence-electron chi connectivity index (χ0n) is 18.2.